The minimum atomic E-state index is -0.292. The lowest BCUT2D eigenvalue weighted by atomic mass is 10.2. The molecule has 180 valence electrons. The quantitative estimate of drug-likeness (QED) is 0.387. The zero-order chi connectivity index (χ0) is 24.6. The molecule has 1 amide bonds. The number of carbonyl (C=O) groups excluding carboxylic acids is 1. The molecule has 2 aromatic heterocycles. The van der Waals surface area contributed by atoms with Crippen molar-refractivity contribution in [1.29, 1.82) is 5.26 Å². The first-order valence-electron chi connectivity index (χ1n) is 11.4. The second-order valence-corrected chi connectivity index (χ2v) is 8.75. The average Bonchev–Trinajstić information content (AvgIpc) is 3.42. The standard InChI is InChI=1S/C25H28N8OS/c1-3-25(34)31-23-11-20(33-9-7-32(4-2)8-10-33)5-6-21(23)30-24-12-22(18(13-26)14-28-24)27-15-19-16-35-17-29-19/h3,5-6,11-12,14,16-17H,1,4,7-10,15H2,2H3,(H,31,34)(H2,27,28,30). The molecule has 0 atom stereocenters. The summed E-state index contributed by atoms with van der Waals surface area (Å²) < 4.78 is 0. The highest BCUT2D eigenvalue weighted by atomic mass is 32.1. The van der Waals surface area contributed by atoms with E-state index in [1.165, 1.54) is 23.6 Å². The molecular formula is C25H28N8OS. The first-order chi connectivity index (χ1) is 17.1. The number of nitrogens with one attached hydrogen (secondary N) is 3. The topological polar surface area (TPSA) is 109 Å². The molecule has 0 bridgehead atoms. The molecule has 1 fully saturated rings. The lowest BCUT2D eigenvalue weighted by Crippen LogP contribution is -2.46. The predicted molar refractivity (Wildman–Crippen MR) is 141 cm³/mol. The number of rotatable bonds is 9. The van der Waals surface area contributed by atoms with Crippen LogP contribution in [0.3, 0.4) is 0 Å². The lowest BCUT2D eigenvalue weighted by Gasteiger charge is -2.35. The fraction of sp³-hybridized carbons (Fsp3) is 0.280. The Bertz CT molecular complexity index is 1210. The second kappa shape index (κ2) is 11.5. The van der Waals surface area contributed by atoms with Crippen LogP contribution >= 0.6 is 11.3 Å². The van der Waals surface area contributed by atoms with E-state index in [2.05, 4.69) is 55.3 Å². The molecule has 1 saturated heterocycles. The van der Waals surface area contributed by atoms with Crippen molar-refractivity contribution in [2.75, 3.05) is 53.6 Å². The van der Waals surface area contributed by atoms with Gasteiger partial charge in [-0.2, -0.15) is 5.26 Å². The number of pyridine rings is 1. The van der Waals surface area contributed by atoms with Crippen LogP contribution in [-0.2, 0) is 11.3 Å². The van der Waals surface area contributed by atoms with E-state index in [1.807, 2.05) is 23.6 Å². The molecular weight excluding hydrogens is 460 g/mol. The highest BCUT2D eigenvalue weighted by Gasteiger charge is 2.18. The lowest BCUT2D eigenvalue weighted by molar-refractivity contribution is -0.111. The number of hydrogen-bond donors (Lipinski definition) is 3. The van der Waals surface area contributed by atoms with Crippen LogP contribution in [0.25, 0.3) is 0 Å². The summed E-state index contributed by atoms with van der Waals surface area (Å²) in [6.07, 6.45) is 2.77. The number of benzene rings is 1. The summed E-state index contributed by atoms with van der Waals surface area (Å²) in [7, 11) is 0. The van der Waals surface area contributed by atoms with Gasteiger partial charge in [0.2, 0.25) is 5.91 Å². The number of nitrogens with zero attached hydrogens (tertiary/aromatic N) is 5. The van der Waals surface area contributed by atoms with Crippen molar-refractivity contribution in [2.45, 2.75) is 13.5 Å². The van der Waals surface area contributed by atoms with Gasteiger partial charge < -0.3 is 25.8 Å². The summed E-state index contributed by atoms with van der Waals surface area (Å²) >= 11 is 1.52. The summed E-state index contributed by atoms with van der Waals surface area (Å²) in [5.74, 6) is 0.252. The first-order valence-corrected chi connectivity index (χ1v) is 12.4. The van der Waals surface area contributed by atoms with Gasteiger partial charge in [0.05, 0.1) is 40.4 Å². The van der Waals surface area contributed by atoms with Gasteiger partial charge in [-0.15, -0.1) is 11.3 Å². The number of amides is 1. The Labute approximate surface area is 209 Å². The van der Waals surface area contributed by atoms with Gasteiger partial charge in [0.15, 0.2) is 0 Å². The Balaban J connectivity index is 1.56. The van der Waals surface area contributed by atoms with Crippen LogP contribution in [0.5, 0.6) is 0 Å². The molecule has 0 spiro atoms. The SMILES string of the molecule is C=CC(=O)Nc1cc(N2CCN(CC)CC2)ccc1Nc1cc(NCc2cscn2)c(C#N)cn1. The van der Waals surface area contributed by atoms with E-state index in [0.29, 0.717) is 35.0 Å². The maximum Gasteiger partial charge on any atom is 0.247 e. The number of nitriles is 1. The summed E-state index contributed by atoms with van der Waals surface area (Å²) in [5, 5.41) is 20.9. The van der Waals surface area contributed by atoms with E-state index in [4.69, 9.17) is 0 Å². The Hall–Kier alpha value is -3.94. The highest BCUT2D eigenvalue weighted by Crippen LogP contribution is 2.31. The van der Waals surface area contributed by atoms with Crippen LogP contribution in [0.15, 0.2) is 54.0 Å². The Morgan fingerprint density at radius 1 is 1.20 bits per heavy atom. The van der Waals surface area contributed by atoms with E-state index >= 15 is 0 Å². The summed E-state index contributed by atoms with van der Waals surface area (Å²) in [4.78, 5) is 25.5. The minimum Gasteiger partial charge on any atom is -0.378 e. The summed E-state index contributed by atoms with van der Waals surface area (Å²) in [5.41, 5.74) is 6.13. The van der Waals surface area contributed by atoms with Crippen LogP contribution in [0, 0.1) is 11.3 Å². The molecule has 35 heavy (non-hydrogen) atoms. The molecule has 0 aliphatic carbocycles. The minimum absolute atomic E-state index is 0.292. The zero-order valence-corrected chi connectivity index (χ0v) is 20.4. The van der Waals surface area contributed by atoms with Gasteiger partial charge in [-0.1, -0.05) is 13.5 Å². The zero-order valence-electron chi connectivity index (χ0n) is 19.6. The number of likely N-dealkylation sites (N-methyl/N-ethyl adjacent to an activating group) is 1. The van der Waals surface area contributed by atoms with Crippen LogP contribution < -0.4 is 20.9 Å². The fourth-order valence-electron chi connectivity index (χ4n) is 3.86. The fourth-order valence-corrected chi connectivity index (χ4v) is 4.41. The molecule has 1 aliphatic rings. The molecule has 10 heteroatoms. The number of hydrogen-bond acceptors (Lipinski definition) is 9. The summed E-state index contributed by atoms with van der Waals surface area (Å²) in [6.45, 7) is 11.2. The van der Waals surface area contributed by atoms with Crippen LogP contribution in [-0.4, -0.2) is 53.5 Å². The maximum absolute atomic E-state index is 12.1. The van der Waals surface area contributed by atoms with Crippen molar-refractivity contribution in [1.82, 2.24) is 14.9 Å². The molecule has 1 aromatic carbocycles. The van der Waals surface area contributed by atoms with Gasteiger partial charge in [-0.3, -0.25) is 4.79 Å². The van der Waals surface area contributed by atoms with E-state index in [0.717, 1.165) is 44.1 Å². The van der Waals surface area contributed by atoms with Crippen molar-refractivity contribution < 1.29 is 4.79 Å². The molecule has 9 nitrogen and oxygen atoms in total. The predicted octanol–water partition coefficient (Wildman–Crippen LogP) is 4.03. The Kier molecular flexibility index (Phi) is 7.92. The smallest absolute Gasteiger partial charge is 0.247 e. The van der Waals surface area contributed by atoms with Crippen LogP contribution in [0.1, 0.15) is 18.2 Å². The third-order valence-corrected chi connectivity index (χ3v) is 6.50. The van der Waals surface area contributed by atoms with E-state index in [-0.39, 0.29) is 5.91 Å². The number of aromatic nitrogens is 2. The second-order valence-electron chi connectivity index (χ2n) is 8.03. The Morgan fingerprint density at radius 2 is 2.03 bits per heavy atom. The molecule has 0 radical (unpaired) electrons. The van der Waals surface area contributed by atoms with Crippen molar-refractivity contribution in [2.24, 2.45) is 0 Å². The number of piperazine rings is 1. The third-order valence-electron chi connectivity index (χ3n) is 5.86. The highest BCUT2D eigenvalue weighted by molar-refractivity contribution is 7.07. The van der Waals surface area contributed by atoms with Crippen molar-refractivity contribution in [3.63, 3.8) is 0 Å². The van der Waals surface area contributed by atoms with Gasteiger partial charge in [0, 0.05) is 49.5 Å². The third kappa shape index (κ3) is 6.15. The Morgan fingerprint density at radius 3 is 2.71 bits per heavy atom. The molecule has 0 saturated carbocycles. The molecule has 1 aliphatic heterocycles. The number of carbonyl (C=O) groups is 1. The van der Waals surface area contributed by atoms with Crippen molar-refractivity contribution in [3.05, 3.63) is 65.3 Å². The number of thiazole rings is 1. The normalized spacial score (nSPS) is 13.7. The number of anilines is 5. The summed E-state index contributed by atoms with van der Waals surface area (Å²) in [6, 6.07) is 9.89. The molecule has 4 rings (SSSR count). The largest absolute Gasteiger partial charge is 0.378 e. The van der Waals surface area contributed by atoms with E-state index < -0.39 is 0 Å². The monoisotopic (exact) mass is 488 g/mol. The van der Waals surface area contributed by atoms with E-state index in [1.54, 1.807) is 11.6 Å². The van der Waals surface area contributed by atoms with Gasteiger partial charge in [-0.05, 0) is 30.8 Å². The average molecular weight is 489 g/mol. The maximum atomic E-state index is 12.1. The molecule has 3 N–H and O–H groups in total. The molecule has 3 heterocycles. The van der Waals surface area contributed by atoms with Gasteiger partial charge in [0.1, 0.15) is 11.9 Å². The van der Waals surface area contributed by atoms with Crippen molar-refractivity contribution >= 4 is 45.8 Å². The molecule has 0 unspecified atom stereocenters. The van der Waals surface area contributed by atoms with Gasteiger partial charge in [0.25, 0.3) is 0 Å². The molecule has 3 aromatic rings. The van der Waals surface area contributed by atoms with Gasteiger partial charge >= 0.3 is 0 Å². The van der Waals surface area contributed by atoms with Gasteiger partial charge in [-0.25, -0.2) is 9.97 Å². The van der Waals surface area contributed by atoms with Crippen LogP contribution in [0.2, 0.25) is 0 Å². The van der Waals surface area contributed by atoms with Crippen LogP contribution in [0.4, 0.5) is 28.6 Å². The van der Waals surface area contributed by atoms with E-state index in [9.17, 15) is 10.1 Å². The first kappa shape index (κ1) is 24.2. The van der Waals surface area contributed by atoms with Crippen molar-refractivity contribution in [3.8, 4) is 6.07 Å².